The van der Waals surface area contributed by atoms with Crippen molar-refractivity contribution in [3.63, 3.8) is 0 Å². The van der Waals surface area contributed by atoms with Crippen LogP contribution in [0.4, 0.5) is 0 Å². The first-order chi connectivity index (χ1) is 7.29. The Balaban J connectivity index is 2.12. The Labute approximate surface area is 95.8 Å². The SMILES string of the molecule is C[C@@H](c1ccccc1Cl)N1CCOCC1. The molecule has 0 N–H and O–H groups in total. The molecule has 2 rings (SSSR count). The summed E-state index contributed by atoms with van der Waals surface area (Å²) < 4.78 is 5.34. The molecule has 0 unspecified atom stereocenters. The zero-order chi connectivity index (χ0) is 10.7. The largest absolute Gasteiger partial charge is 0.379 e. The summed E-state index contributed by atoms with van der Waals surface area (Å²) in [6.07, 6.45) is 0. The van der Waals surface area contributed by atoms with Crippen LogP contribution in [0.5, 0.6) is 0 Å². The van der Waals surface area contributed by atoms with Crippen molar-refractivity contribution in [2.24, 2.45) is 0 Å². The molecule has 0 bridgehead atoms. The molecule has 0 saturated carbocycles. The first-order valence-electron chi connectivity index (χ1n) is 5.35. The van der Waals surface area contributed by atoms with E-state index in [1.165, 1.54) is 5.56 Å². The quantitative estimate of drug-likeness (QED) is 0.768. The van der Waals surface area contributed by atoms with Crippen molar-refractivity contribution in [1.29, 1.82) is 0 Å². The molecule has 1 atom stereocenters. The van der Waals surface area contributed by atoms with Gasteiger partial charge < -0.3 is 4.74 Å². The molecule has 15 heavy (non-hydrogen) atoms. The molecule has 1 heterocycles. The smallest absolute Gasteiger partial charge is 0.0594 e. The predicted octanol–water partition coefficient (Wildman–Crippen LogP) is 2.73. The second-order valence-electron chi connectivity index (χ2n) is 3.85. The van der Waals surface area contributed by atoms with Gasteiger partial charge in [0.2, 0.25) is 0 Å². The van der Waals surface area contributed by atoms with Gasteiger partial charge in [0.05, 0.1) is 13.2 Å². The standard InChI is InChI=1S/C12H16ClNO/c1-10(14-6-8-15-9-7-14)11-4-2-3-5-12(11)13/h2-5,10H,6-9H2,1H3/t10-/m0/s1. The van der Waals surface area contributed by atoms with Crippen LogP contribution >= 0.6 is 11.6 Å². The molecule has 1 aromatic carbocycles. The third-order valence-electron chi connectivity index (χ3n) is 2.95. The van der Waals surface area contributed by atoms with Crippen LogP contribution < -0.4 is 0 Å². The maximum absolute atomic E-state index is 6.18. The van der Waals surface area contributed by atoms with Crippen LogP contribution in [-0.2, 0) is 4.74 Å². The highest BCUT2D eigenvalue weighted by Crippen LogP contribution is 2.27. The molecule has 0 radical (unpaired) electrons. The minimum Gasteiger partial charge on any atom is -0.379 e. The van der Waals surface area contributed by atoms with Crippen molar-refractivity contribution in [3.8, 4) is 0 Å². The summed E-state index contributed by atoms with van der Waals surface area (Å²) in [5.74, 6) is 0. The highest BCUT2D eigenvalue weighted by Gasteiger charge is 2.19. The Morgan fingerprint density at radius 3 is 2.60 bits per heavy atom. The predicted molar refractivity (Wildman–Crippen MR) is 62.3 cm³/mol. The molecule has 1 aliphatic heterocycles. The fourth-order valence-electron chi connectivity index (χ4n) is 1.98. The lowest BCUT2D eigenvalue weighted by Crippen LogP contribution is -2.38. The number of hydrogen-bond acceptors (Lipinski definition) is 2. The van der Waals surface area contributed by atoms with Crippen LogP contribution in [0.15, 0.2) is 24.3 Å². The van der Waals surface area contributed by atoms with Crippen molar-refractivity contribution >= 4 is 11.6 Å². The van der Waals surface area contributed by atoms with Crippen molar-refractivity contribution in [1.82, 2.24) is 4.90 Å². The maximum atomic E-state index is 6.18. The summed E-state index contributed by atoms with van der Waals surface area (Å²) in [5.41, 5.74) is 1.21. The zero-order valence-electron chi connectivity index (χ0n) is 8.95. The van der Waals surface area contributed by atoms with Gasteiger partial charge >= 0.3 is 0 Å². The first kappa shape index (κ1) is 10.9. The normalized spacial score (nSPS) is 20.1. The van der Waals surface area contributed by atoms with Gasteiger partial charge in [-0.25, -0.2) is 0 Å². The summed E-state index contributed by atoms with van der Waals surface area (Å²) in [5, 5.41) is 0.858. The number of halogens is 1. The molecule has 1 fully saturated rings. The van der Waals surface area contributed by atoms with Gasteiger partial charge in [-0.15, -0.1) is 0 Å². The monoisotopic (exact) mass is 225 g/mol. The summed E-state index contributed by atoms with van der Waals surface area (Å²) in [4.78, 5) is 2.41. The lowest BCUT2D eigenvalue weighted by molar-refractivity contribution is 0.0199. The van der Waals surface area contributed by atoms with Crippen LogP contribution in [-0.4, -0.2) is 31.2 Å². The summed E-state index contributed by atoms with van der Waals surface area (Å²) in [6.45, 7) is 5.84. The first-order valence-corrected chi connectivity index (χ1v) is 5.73. The number of rotatable bonds is 2. The third kappa shape index (κ3) is 2.51. The van der Waals surface area contributed by atoms with E-state index in [0.717, 1.165) is 31.3 Å². The highest BCUT2D eigenvalue weighted by molar-refractivity contribution is 6.31. The van der Waals surface area contributed by atoms with Gasteiger partial charge in [0.25, 0.3) is 0 Å². The van der Waals surface area contributed by atoms with Gasteiger partial charge in [-0.3, -0.25) is 4.90 Å². The van der Waals surface area contributed by atoms with Crippen LogP contribution in [0, 0.1) is 0 Å². The average molecular weight is 226 g/mol. The average Bonchev–Trinajstić information content (AvgIpc) is 2.30. The topological polar surface area (TPSA) is 12.5 Å². The Kier molecular flexibility index (Phi) is 3.62. The molecule has 0 spiro atoms. The Hall–Kier alpha value is -0.570. The fraction of sp³-hybridized carbons (Fsp3) is 0.500. The van der Waals surface area contributed by atoms with E-state index in [9.17, 15) is 0 Å². The van der Waals surface area contributed by atoms with Crippen molar-refractivity contribution < 1.29 is 4.74 Å². The number of nitrogens with zero attached hydrogens (tertiary/aromatic N) is 1. The van der Waals surface area contributed by atoms with Gasteiger partial charge in [0.15, 0.2) is 0 Å². The van der Waals surface area contributed by atoms with Crippen LogP contribution in [0.2, 0.25) is 5.02 Å². The van der Waals surface area contributed by atoms with E-state index in [2.05, 4.69) is 17.9 Å². The summed E-state index contributed by atoms with van der Waals surface area (Å²) >= 11 is 6.18. The van der Waals surface area contributed by atoms with Gasteiger partial charge in [-0.05, 0) is 18.6 Å². The van der Waals surface area contributed by atoms with Gasteiger partial charge in [0, 0.05) is 24.2 Å². The molecule has 3 heteroatoms. The van der Waals surface area contributed by atoms with E-state index in [-0.39, 0.29) is 0 Å². The van der Waals surface area contributed by atoms with Gasteiger partial charge in [-0.1, -0.05) is 29.8 Å². The Morgan fingerprint density at radius 2 is 1.93 bits per heavy atom. The van der Waals surface area contributed by atoms with E-state index < -0.39 is 0 Å². The molecule has 1 aliphatic rings. The lowest BCUT2D eigenvalue weighted by Gasteiger charge is -2.32. The van der Waals surface area contributed by atoms with Crippen LogP contribution in [0.3, 0.4) is 0 Å². The van der Waals surface area contributed by atoms with Crippen LogP contribution in [0.1, 0.15) is 18.5 Å². The number of hydrogen-bond donors (Lipinski definition) is 0. The summed E-state index contributed by atoms with van der Waals surface area (Å²) in [7, 11) is 0. The molecular formula is C12H16ClNO. The Bertz CT molecular complexity index is 323. The van der Waals surface area contributed by atoms with Gasteiger partial charge in [0.1, 0.15) is 0 Å². The molecule has 0 aromatic heterocycles. The van der Waals surface area contributed by atoms with Gasteiger partial charge in [-0.2, -0.15) is 0 Å². The zero-order valence-corrected chi connectivity index (χ0v) is 9.70. The van der Waals surface area contributed by atoms with Crippen molar-refractivity contribution in [2.45, 2.75) is 13.0 Å². The minimum absolute atomic E-state index is 0.377. The van der Waals surface area contributed by atoms with E-state index in [1.54, 1.807) is 0 Å². The minimum atomic E-state index is 0.377. The third-order valence-corrected chi connectivity index (χ3v) is 3.29. The summed E-state index contributed by atoms with van der Waals surface area (Å²) in [6, 6.07) is 8.44. The molecule has 1 aromatic rings. The molecule has 82 valence electrons. The number of ether oxygens (including phenoxy) is 1. The van der Waals surface area contributed by atoms with Crippen molar-refractivity contribution in [3.05, 3.63) is 34.9 Å². The van der Waals surface area contributed by atoms with Crippen molar-refractivity contribution in [2.75, 3.05) is 26.3 Å². The fourth-order valence-corrected chi connectivity index (χ4v) is 2.27. The van der Waals surface area contributed by atoms with E-state index in [0.29, 0.717) is 6.04 Å². The van der Waals surface area contributed by atoms with Crippen LogP contribution in [0.25, 0.3) is 0 Å². The molecule has 2 nitrogen and oxygen atoms in total. The highest BCUT2D eigenvalue weighted by atomic mass is 35.5. The second kappa shape index (κ2) is 4.97. The second-order valence-corrected chi connectivity index (χ2v) is 4.25. The number of morpholine rings is 1. The number of benzene rings is 1. The van der Waals surface area contributed by atoms with E-state index in [1.807, 2.05) is 18.2 Å². The molecular weight excluding hydrogens is 210 g/mol. The molecule has 1 saturated heterocycles. The lowest BCUT2D eigenvalue weighted by atomic mass is 10.1. The molecule has 0 aliphatic carbocycles. The molecule has 0 amide bonds. The maximum Gasteiger partial charge on any atom is 0.0594 e. The van der Waals surface area contributed by atoms with E-state index >= 15 is 0 Å². The van der Waals surface area contributed by atoms with E-state index in [4.69, 9.17) is 16.3 Å². The Morgan fingerprint density at radius 1 is 1.27 bits per heavy atom.